The molecule has 0 heterocycles. The van der Waals surface area contributed by atoms with E-state index in [1.54, 1.807) is 0 Å². The molecule has 5 nitrogen and oxygen atoms in total. The van der Waals surface area contributed by atoms with Crippen LogP contribution in [0.3, 0.4) is 0 Å². The van der Waals surface area contributed by atoms with Crippen molar-refractivity contribution in [2.45, 2.75) is 58.4 Å². The van der Waals surface area contributed by atoms with Crippen LogP contribution < -0.4 is 10.6 Å². The standard InChI is InChI=1S/C15H28N2O3/c1-3-4-5-9-16-14(18)11(2)17-10-12-7-6-8-13(12)15(19)20/h11-13,17H,3-10H2,1-2H3,(H,16,18)(H,19,20). The number of nitrogens with one attached hydrogen (secondary N) is 2. The summed E-state index contributed by atoms with van der Waals surface area (Å²) in [5.41, 5.74) is 0. The van der Waals surface area contributed by atoms with Gasteiger partial charge in [0.2, 0.25) is 5.91 Å². The number of carbonyl (C=O) groups is 2. The molecule has 0 spiro atoms. The third-order valence-electron chi connectivity index (χ3n) is 4.14. The van der Waals surface area contributed by atoms with Gasteiger partial charge in [0.15, 0.2) is 0 Å². The minimum Gasteiger partial charge on any atom is -0.481 e. The van der Waals surface area contributed by atoms with Crippen LogP contribution in [-0.4, -0.2) is 36.1 Å². The molecule has 3 N–H and O–H groups in total. The lowest BCUT2D eigenvalue weighted by Gasteiger charge is -2.20. The Labute approximate surface area is 121 Å². The summed E-state index contributed by atoms with van der Waals surface area (Å²) in [6.45, 7) is 5.30. The van der Waals surface area contributed by atoms with Crippen molar-refractivity contribution in [2.24, 2.45) is 11.8 Å². The lowest BCUT2D eigenvalue weighted by atomic mass is 9.96. The van der Waals surface area contributed by atoms with Crippen molar-refractivity contribution in [1.82, 2.24) is 10.6 Å². The number of hydrogen-bond donors (Lipinski definition) is 3. The van der Waals surface area contributed by atoms with E-state index in [4.69, 9.17) is 5.11 Å². The predicted molar refractivity (Wildman–Crippen MR) is 78.5 cm³/mol. The van der Waals surface area contributed by atoms with Gasteiger partial charge in [0.25, 0.3) is 0 Å². The van der Waals surface area contributed by atoms with Crippen LogP contribution in [0.15, 0.2) is 0 Å². The fourth-order valence-corrected chi connectivity index (χ4v) is 2.77. The minimum absolute atomic E-state index is 0.00553. The molecule has 0 aromatic carbocycles. The molecule has 0 radical (unpaired) electrons. The van der Waals surface area contributed by atoms with Crippen LogP contribution in [0.1, 0.15) is 52.4 Å². The third-order valence-corrected chi connectivity index (χ3v) is 4.14. The molecule has 0 aromatic heterocycles. The molecule has 20 heavy (non-hydrogen) atoms. The quantitative estimate of drug-likeness (QED) is 0.564. The summed E-state index contributed by atoms with van der Waals surface area (Å²) in [5, 5.41) is 15.2. The van der Waals surface area contributed by atoms with Gasteiger partial charge in [-0.3, -0.25) is 9.59 Å². The second-order valence-electron chi connectivity index (χ2n) is 5.76. The van der Waals surface area contributed by atoms with Crippen LogP contribution in [-0.2, 0) is 9.59 Å². The predicted octanol–water partition coefficient (Wildman–Crippen LogP) is 1.77. The molecule has 3 atom stereocenters. The summed E-state index contributed by atoms with van der Waals surface area (Å²) in [6, 6.07) is -0.258. The number of unbranched alkanes of at least 4 members (excludes halogenated alkanes) is 2. The van der Waals surface area contributed by atoms with Crippen molar-refractivity contribution in [3.63, 3.8) is 0 Å². The highest BCUT2D eigenvalue weighted by Gasteiger charge is 2.32. The second kappa shape index (κ2) is 8.95. The number of carboxylic acids is 1. The van der Waals surface area contributed by atoms with Crippen molar-refractivity contribution in [2.75, 3.05) is 13.1 Å². The Kier molecular flexibility index (Phi) is 7.59. The van der Waals surface area contributed by atoms with Crippen LogP contribution in [0.5, 0.6) is 0 Å². The average molecular weight is 284 g/mol. The molecule has 0 bridgehead atoms. The smallest absolute Gasteiger partial charge is 0.306 e. The Morgan fingerprint density at radius 2 is 2.05 bits per heavy atom. The highest BCUT2D eigenvalue weighted by molar-refractivity contribution is 5.81. The Bertz CT molecular complexity index is 320. The number of carboxylic acid groups (broad SMARTS) is 1. The third kappa shape index (κ3) is 5.49. The molecule has 3 unspecified atom stereocenters. The fourth-order valence-electron chi connectivity index (χ4n) is 2.77. The van der Waals surface area contributed by atoms with Crippen molar-refractivity contribution < 1.29 is 14.7 Å². The first kappa shape index (κ1) is 17.0. The Morgan fingerprint density at radius 1 is 1.30 bits per heavy atom. The zero-order valence-corrected chi connectivity index (χ0v) is 12.7. The van der Waals surface area contributed by atoms with E-state index in [0.29, 0.717) is 6.54 Å². The van der Waals surface area contributed by atoms with Crippen LogP contribution in [0.25, 0.3) is 0 Å². The minimum atomic E-state index is -0.703. The van der Waals surface area contributed by atoms with Crippen molar-refractivity contribution >= 4 is 11.9 Å². The van der Waals surface area contributed by atoms with Crippen LogP contribution in [0.2, 0.25) is 0 Å². The molecule has 0 aliphatic heterocycles. The first-order chi connectivity index (χ1) is 9.56. The number of amides is 1. The van der Waals surface area contributed by atoms with Gasteiger partial charge in [-0.05, 0) is 38.6 Å². The first-order valence-electron chi connectivity index (χ1n) is 7.80. The first-order valence-corrected chi connectivity index (χ1v) is 7.80. The summed E-state index contributed by atoms with van der Waals surface area (Å²) in [5.74, 6) is -0.790. The van der Waals surface area contributed by atoms with Gasteiger partial charge in [0, 0.05) is 6.54 Å². The van der Waals surface area contributed by atoms with Crippen molar-refractivity contribution in [3.05, 3.63) is 0 Å². The molecule has 1 rings (SSSR count). The van der Waals surface area contributed by atoms with E-state index in [1.807, 2.05) is 6.92 Å². The Morgan fingerprint density at radius 3 is 2.70 bits per heavy atom. The lowest BCUT2D eigenvalue weighted by molar-refractivity contribution is -0.142. The highest BCUT2D eigenvalue weighted by atomic mass is 16.4. The Balaban J connectivity index is 2.23. The Hall–Kier alpha value is -1.10. The van der Waals surface area contributed by atoms with Crippen molar-refractivity contribution in [1.29, 1.82) is 0 Å². The van der Waals surface area contributed by atoms with Gasteiger partial charge in [-0.15, -0.1) is 0 Å². The molecular weight excluding hydrogens is 256 g/mol. The molecule has 1 aliphatic rings. The number of carbonyl (C=O) groups excluding carboxylic acids is 1. The van der Waals surface area contributed by atoms with E-state index in [9.17, 15) is 9.59 Å². The van der Waals surface area contributed by atoms with E-state index in [-0.39, 0.29) is 23.8 Å². The number of hydrogen-bond acceptors (Lipinski definition) is 3. The zero-order chi connectivity index (χ0) is 15.0. The molecule has 1 amide bonds. The molecule has 0 saturated heterocycles. The summed E-state index contributed by atoms with van der Waals surface area (Å²) in [7, 11) is 0. The van der Waals surface area contributed by atoms with E-state index in [0.717, 1.165) is 45.1 Å². The fraction of sp³-hybridized carbons (Fsp3) is 0.867. The topological polar surface area (TPSA) is 78.4 Å². The largest absolute Gasteiger partial charge is 0.481 e. The van der Waals surface area contributed by atoms with Crippen LogP contribution in [0.4, 0.5) is 0 Å². The van der Waals surface area contributed by atoms with Crippen molar-refractivity contribution in [3.8, 4) is 0 Å². The van der Waals surface area contributed by atoms with Gasteiger partial charge in [0.1, 0.15) is 0 Å². The van der Waals surface area contributed by atoms with Gasteiger partial charge in [-0.2, -0.15) is 0 Å². The maximum atomic E-state index is 11.8. The SMILES string of the molecule is CCCCCNC(=O)C(C)NCC1CCCC1C(=O)O. The average Bonchev–Trinajstić information content (AvgIpc) is 2.89. The highest BCUT2D eigenvalue weighted by Crippen LogP contribution is 2.31. The summed E-state index contributed by atoms with van der Waals surface area (Å²) in [6.07, 6.45) is 5.96. The van der Waals surface area contributed by atoms with Gasteiger partial charge in [0.05, 0.1) is 12.0 Å². The molecule has 1 saturated carbocycles. The van der Waals surface area contributed by atoms with E-state index in [2.05, 4.69) is 17.6 Å². The monoisotopic (exact) mass is 284 g/mol. The lowest BCUT2D eigenvalue weighted by Crippen LogP contribution is -2.44. The van der Waals surface area contributed by atoms with Crippen LogP contribution in [0, 0.1) is 11.8 Å². The van der Waals surface area contributed by atoms with Crippen LogP contribution >= 0.6 is 0 Å². The number of aliphatic carboxylic acids is 1. The number of rotatable bonds is 9. The van der Waals surface area contributed by atoms with E-state index in [1.165, 1.54) is 0 Å². The molecule has 116 valence electrons. The molecular formula is C15H28N2O3. The van der Waals surface area contributed by atoms with Gasteiger partial charge in [-0.1, -0.05) is 26.2 Å². The van der Waals surface area contributed by atoms with Gasteiger partial charge >= 0.3 is 5.97 Å². The normalized spacial score (nSPS) is 23.5. The maximum absolute atomic E-state index is 11.8. The summed E-state index contributed by atoms with van der Waals surface area (Å²) in [4.78, 5) is 22.9. The summed E-state index contributed by atoms with van der Waals surface area (Å²) >= 11 is 0. The van der Waals surface area contributed by atoms with E-state index >= 15 is 0 Å². The zero-order valence-electron chi connectivity index (χ0n) is 12.7. The van der Waals surface area contributed by atoms with Gasteiger partial charge in [-0.25, -0.2) is 0 Å². The second-order valence-corrected chi connectivity index (χ2v) is 5.76. The van der Waals surface area contributed by atoms with Gasteiger partial charge < -0.3 is 15.7 Å². The molecule has 1 aliphatic carbocycles. The molecule has 0 aromatic rings. The van der Waals surface area contributed by atoms with E-state index < -0.39 is 5.97 Å². The maximum Gasteiger partial charge on any atom is 0.306 e. The molecule has 5 heteroatoms. The summed E-state index contributed by atoms with van der Waals surface area (Å²) < 4.78 is 0. The molecule has 1 fully saturated rings.